The normalized spacial score (nSPS) is 16.3. The second-order valence-corrected chi connectivity index (χ2v) is 6.64. The first kappa shape index (κ1) is 18.5. The number of nitrogens with one attached hydrogen (secondary N) is 2. The summed E-state index contributed by atoms with van der Waals surface area (Å²) in [5, 5.41) is 6.87. The number of amides is 1. The summed E-state index contributed by atoms with van der Waals surface area (Å²) in [6.45, 7) is 3.14. The van der Waals surface area contributed by atoms with Crippen molar-refractivity contribution >= 4 is 17.5 Å². The number of rotatable bonds is 8. The molecule has 6 heteroatoms. The van der Waals surface area contributed by atoms with E-state index in [0.29, 0.717) is 24.8 Å². The van der Waals surface area contributed by atoms with E-state index in [4.69, 9.17) is 21.1 Å². The monoisotopic (exact) mass is 374 g/mol. The largest absolute Gasteiger partial charge is 0.490 e. The Labute approximate surface area is 158 Å². The molecule has 1 aliphatic heterocycles. The molecule has 1 heterocycles. The zero-order chi connectivity index (χ0) is 18.2. The van der Waals surface area contributed by atoms with Crippen LogP contribution in [0.5, 0.6) is 11.5 Å². The second kappa shape index (κ2) is 9.46. The summed E-state index contributed by atoms with van der Waals surface area (Å²) in [7, 11) is 0. The highest BCUT2D eigenvalue weighted by Crippen LogP contribution is 2.16. The Kier molecular flexibility index (Phi) is 6.75. The first-order valence-corrected chi connectivity index (χ1v) is 9.17. The molecular formula is C20H23ClN2O3. The lowest BCUT2D eigenvalue weighted by Crippen LogP contribution is -2.31. The van der Waals surface area contributed by atoms with Gasteiger partial charge in [-0.15, -0.1) is 0 Å². The van der Waals surface area contributed by atoms with E-state index in [1.165, 1.54) is 0 Å². The van der Waals surface area contributed by atoms with E-state index in [1.807, 2.05) is 36.4 Å². The van der Waals surface area contributed by atoms with Crippen molar-refractivity contribution in [2.75, 3.05) is 26.3 Å². The van der Waals surface area contributed by atoms with Gasteiger partial charge in [-0.3, -0.25) is 4.79 Å². The molecule has 138 valence electrons. The molecule has 0 saturated carbocycles. The lowest BCUT2D eigenvalue weighted by molar-refractivity contribution is -0.124. The Hall–Kier alpha value is -2.24. The van der Waals surface area contributed by atoms with Crippen LogP contribution in [0.4, 0.5) is 0 Å². The van der Waals surface area contributed by atoms with Crippen molar-refractivity contribution < 1.29 is 14.3 Å². The van der Waals surface area contributed by atoms with Crippen molar-refractivity contribution in [3.63, 3.8) is 0 Å². The molecule has 0 spiro atoms. The van der Waals surface area contributed by atoms with Gasteiger partial charge < -0.3 is 20.1 Å². The number of carbonyl (C=O) groups excluding carboxylic acids is 1. The standard InChI is InChI=1S/C20H23ClN2O3/c21-17-3-7-19(8-4-17)26-12-11-25-18-5-1-15(2-6-18)13-23-20(24)16-9-10-22-14-16/h1-8,16,22H,9-14H2,(H,23,24). The van der Waals surface area contributed by atoms with Crippen LogP contribution in [0.1, 0.15) is 12.0 Å². The maximum atomic E-state index is 12.0. The number of halogens is 1. The first-order valence-electron chi connectivity index (χ1n) is 8.79. The van der Waals surface area contributed by atoms with E-state index in [9.17, 15) is 4.79 Å². The minimum absolute atomic E-state index is 0.0956. The predicted octanol–water partition coefficient (Wildman–Crippen LogP) is 3.02. The van der Waals surface area contributed by atoms with Crippen molar-refractivity contribution in [3.05, 3.63) is 59.1 Å². The number of hydrogen-bond acceptors (Lipinski definition) is 4. The van der Waals surface area contributed by atoms with Gasteiger partial charge in [0.1, 0.15) is 24.7 Å². The maximum Gasteiger partial charge on any atom is 0.224 e. The smallest absolute Gasteiger partial charge is 0.224 e. The number of carbonyl (C=O) groups is 1. The lowest BCUT2D eigenvalue weighted by atomic mass is 10.1. The van der Waals surface area contributed by atoms with Gasteiger partial charge in [0.25, 0.3) is 0 Å². The van der Waals surface area contributed by atoms with Crippen molar-refractivity contribution in [3.8, 4) is 11.5 Å². The third-order valence-corrected chi connectivity index (χ3v) is 4.51. The Morgan fingerprint density at radius 2 is 1.65 bits per heavy atom. The van der Waals surface area contributed by atoms with E-state index in [2.05, 4.69) is 10.6 Å². The summed E-state index contributed by atoms with van der Waals surface area (Å²) in [4.78, 5) is 12.0. The molecule has 0 aromatic heterocycles. The number of benzene rings is 2. The van der Waals surface area contributed by atoms with Gasteiger partial charge in [-0.25, -0.2) is 0 Å². The minimum Gasteiger partial charge on any atom is -0.490 e. The average molecular weight is 375 g/mol. The van der Waals surface area contributed by atoms with Crippen LogP contribution in [0.15, 0.2) is 48.5 Å². The zero-order valence-electron chi connectivity index (χ0n) is 14.5. The van der Waals surface area contributed by atoms with Crippen molar-refractivity contribution in [1.29, 1.82) is 0 Å². The Balaban J connectivity index is 1.35. The van der Waals surface area contributed by atoms with Crippen LogP contribution in [0.25, 0.3) is 0 Å². The molecule has 1 fully saturated rings. The summed E-state index contributed by atoms with van der Waals surface area (Å²) in [6.07, 6.45) is 0.913. The minimum atomic E-state index is 0.0956. The predicted molar refractivity (Wildman–Crippen MR) is 102 cm³/mol. The molecule has 1 atom stereocenters. The quantitative estimate of drug-likeness (QED) is 0.697. The summed E-state index contributed by atoms with van der Waals surface area (Å²) < 4.78 is 11.3. The fourth-order valence-corrected chi connectivity index (χ4v) is 2.89. The molecule has 1 saturated heterocycles. The van der Waals surface area contributed by atoms with E-state index in [1.54, 1.807) is 12.1 Å². The molecule has 3 rings (SSSR count). The summed E-state index contributed by atoms with van der Waals surface area (Å²) in [5.41, 5.74) is 1.05. The van der Waals surface area contributed by atoms with Gasteiger partial charge in [0.2, 0.25) is 5.91 Å². The van der Waals surface area contributed by atoms with Gasteiger partial charge >= 0.3 is 0 Å². The molecule has 1 amide bonds. The van der Waals surface area contributed by atoms with Gasteiger partial charge in [-0.2, -0.15) is 0 Å². The molecule has 5 nitrogen and oxygen atoms in total. The van der Waals surface area contributed by atoms with Crippen LogP contribution in [0.3, 0.4) is 0 Å². The molecule has 26 heavy (non-hydrogen) atoms. The zero-order valence-corrected chi connectivity index (χ0v) is 15.3. The highest BCUT2D eigenvalue weighted by Gasteiger charge is 2.21. The van der Waals surface area contributed by atoms with Crippen LogP contribution in [-0.2, 0) is 11.3 Å². The molecule has 2 N–H and O–H groups in total. The van der Waals surface area contributed by atoms with Crippen LogP contribution in [0, 0.1) is 5.92 Å². The van der Waals surface area contributed by atoms with Crippen LogP contribution < -0.4 is 20.1 Å². The summed E-state index contributed by atoms with van der Waals surface area (Å²) >= 11 is 5.83. The third-order valence-electron chi connectivity index (χ3n) is 4.26. The van der Waals surface area contributed by atoms with E-state index in [0.717, 1.165) is 36.6 Å². The van der Waals surface area contributed by atoms with Crippen molar-refractivity contribution in [1.82, 2.24) is 10.6 Å². The molecule has 1 unspecified atom stereocenters. The third kappa shape index (κ3) is 5.64. The number of hydrogen-bond donors (Lipinski definition) is 2. The van der Waals surface area contributed by atoms with Gasteiger partial charge in [0.15, 0.2) is 0 Å². The van der Waals surface area contributed by atoms with Gasteiger partial charge in [0.05, 0.1) is 5.92 Å². The molecule has 0 bridgehead atoms. The lowest BCUT2D eigenvalue weighted by Gasteiger charge is -2.11. The van der Waals surface area contributed by atoms with Gasteiger partial charge in [-0.05, 0) is 54.9 Å². The van der Waals surface area contributed by atoms with E-state index < -0.39 is 0 Å². The summed E-state index contributed by atoms with van der Waals surface area (Å²) in [5.74, 6) is 1.76. The van der Waals surface area contributed by atoms with Crippen LogP contribution >= 0.6 is 11.6 Å². The Morgan fingerprint density at radius 3 is 2.23 bits per heavy atom. The second-order valence-electron chi connectivity index (χ2n) is 6.20. The molecular weight excluding hydrogens is 352 g/mol. The molecule has 0 aliphatic carbocycles. The highest BCUT2D eigenvalue weighted by atomic mass is 35.5. The highest BCUT2D eigenvalue weighted by molar-refractivity contribution is 6.30. The van der Waals surface area contributed by atoms with E-state index >= 15 is 0 Å². The fraction of sp³-hybridized carbons (Fsp3) is 0.350. The van der Waals surface area contributed by atoms with Gasteiger partial charge in [-0.1, -0.05) is 23.7 Å². The van der Waals surface area contributed by atoms with Gasteiger partial charge in [0, 0.05) is 18.1 Å². The van der Waals surface area contributed by atoms with E-state index in [-0.39, 0.29) is 11.8 Å². The Bertz CT molecular complexity index is 698. The SMILES string of the molecule is O=C(NCc1ccc(OCCOc2ccc(Cl)cc2)cc1)C1CCNC1. The maximum absolute atomic E-state index is 12.0. The average Bonchev–Trinajstić information content (AvgIpc) is 3.20. The molecule has 0 radical (unpaired) electrons. The number of ether oxygens (including phenoxy) is 2. The summed E-state index contributed by atoms with van der Waals surface area (Å²) in [6, 6.07) is 15.0. The van der Waals surface area contributed by atoms with Crippen molar-refractivity contribution in [2.45, 2.75) is 13.0 Å². The molecule has 2 aromatic carbocycles. The topological polar surface area (TPSA) is 59.6 Å². The fourth-order valence-electron chi connectivity index (χ4n) is 2.77. The molecule has 2 aromatic rings. The Morgan fingerprint density at radius 1 is 1.04 bits per heavy atom. The van der Waals surface area contributed by atoms with Crippen LogP contribution in [-0.4, -0.2) is 32.2 Å². The van der Waals surface area contributed by atoms with Crippen molar-refractivity contribution in [2.24, 2.45) is 5.92 Å². The van der Waals surface area contributed by atoms with Crippen LogP contribution in [0.2, 0.25) is 5.02 Å². The molecule has 1 aliphatic rings. The first-order chi connectivity index (χ1) is 12.7.